The molecule has 0 N–H and O–H groups in total. The molecule has 0 aliphatic heterocycles. The van der Waals surface area contributed by atoms with E-state index in [1.54, 1.807) is 0 Å². The zero-order chi connectivity index (χ0) is 15.3. The first-order chi connectivity index (χ1) is 9.36. The maximum Gasteiger partial charge on any atom is 0.529 e. The monoisotopic (exact) mass is 305 g/mol. The first-order valence-corrected chi connectivity index (χ1v) is 6.60. The van der Waals surface area contributed by atoms with Gasteiger partial charge in [-0.2, -0.15) is 0 Å². The minimum atomic E-state index is -3.90. The Kier molecular flexibility index (Phi) is 5.20. The third-order valence-corrected chi connectivity index (χ3v) is 3.55. The molecule has 0 atom stereocenters. The summed E-state index contributed by atoms with van der Waals surface area (Å²) in [6.45, 7) is 0. The fourth-order valence-corrected chi connectivity index (χ4v) is 1.95. The molecule has 0 aliphatic carbocycles. The Morgan fingerprint density at radius 1 is 1.25 bits per heavy atom. The number of hydrogen-bond acceptors (Lipinski definition) is 8. The van der Waals surface area contributed by atoms with Crippen LogP contribution in [0.1, 0.15) is 10.4 Å². The number of nitro groups is 1. The number of phosphoric acid groups is 1. The average molecular weight is 305 g/mol. The summed E-state index contributed by atoms with van der Waals surface area (Å²) in [7, 11) is -0.621. The summed E-state index contributed by atoms with van der Waals surface area (Å²) in [5, 5.41) is 10.7. The Hall–Kier alpha value is -1.96. The highest BCUT2D eigenvalue weighted by molar-refractivity contribution is 7.48. The number of nitrogens with zero attached hydrogens (tertiary/aromatic N) is 1. The van der Waals surface area contributed by atoms with Crippen LogP contribution in [0, 0.1) is 10.1 Å². The lowest BCUT2D eigenvalue weighted by molar-refractivity contribution is -0.384. The number of phosphoric ester groups is 1. The van der Waals surface area contributed by atoms with Crippen LogP contribution in [-0.2, 0) is 18.3 Å². The highest BCUT2D eigenvalue weighted by atomic mass is 31.2. The van der Waals surface area contributed by atoms with E-state index < -0.39 is 18.7 Å². The number of methoxy groups -OCH3 is 1. The number of nitro benzene ring substituents is 1. The minimum absolute atomic E-state index is 0.213. The van der Waals surface area contributed by atoms with Crippen LogP contribution in [0.2, 0.25) is 0 Å². The summed E-state index contributed by atoms with van der Waals surface area (Å²) < 4.78 is 30.4. The van der Waals surface area contributed by atoms with E-state index in [9.17, 15) is 19.5 Å². The second kappa shape index (κ2) is 6.47. The molecule has 0 unspecified atom stereocenters. The first kappa shape index (κ1) is 16.1. The lowest BCUT2D eigenvalue weighted by Gasteiger charge is -2.15. The molecule has 0 aromatic heterocycles. The number of hydrogen-bond donors (Lipinski definition) is 0. The van der Waals surface area contributed by atoms with Crippen molar-refractivity contribution in [2.45, 2.75) is 0 Å². The molecular formula is C10H12NO8P. The van der Waals surface area contributed by atoms with E-state index in [1.165, 1.54) is 0 Å². The summed E-state index contributed by atoms with van der Waals surface area (Å²) in [5.41, 5.74) is -0.613. The predicted molar refractivity (Wildman–Crippen MR) is 66.7 cm³/mol. The van der Waals surface area contributed by atoms with Gasteiger partial charge in [-0.15, -0.1) is 0 Å². The topological polar surface area (TPSA) is 114 Å². The van der Waals surface area contributed by atoms with Crippen LogP contribution in [0.3, 0.4) is 0 Å². The number of benzene rings is 1. The molecule has 0 saturated carbocycles. The van der Waals surface area contributed by atoms with Gasteiger partial charge in [-0.05, 0) is 6.07 Å². The highest BCUT2D eigenvalue weighted by Crippen LogP contribution is 2.48. The third-order valence-electron chi connectivity index (χ3n) is 2.24. The van der Waals surface area contributed by atoms with Crippen LogP contribution in [0.5, 0.6) is 5.75 Å². The van der Waals surface area contributed by atoms with Crippen molar-refractivity contribution in [1.29, 1.82) is 0 Å². The molecule has 0 aliphatic rings. The van der Waals surface area contributed by atoms with E-state index in [4.69, 9.17) is 4.52 Å². The number of rotatable bonds is 6. The summed E-state index contributed by atoms with van der Waals surface area (Å²) in [6, 6.07) is 3.13. The van der Waals surface area contributed by atoms with Gasteiger partial charge in [0.1, 0.15) is 11.3 Å². The molecule has 9 nitrogen and oxygen atoms in total. The van der Waals surface area contributed by atoms with Crippen LogP contribution in [0.15, 0.2) is 18.2 Å². The highest BCUT2D eigenvalue weighted by Gasteiger charge is 2.28. The second-order valence-corrected chi connectivity index (χ2v) is 5.14. The van der Waals surface area contributed by atoms with Gasteiger partial charge >= 0.3 is 13.8 Å². The molecule has 0 spiro atoms. The zero-order valence-corrected chi connectivity index (χ0v) is 11.8. The molecule has 1 aromatic carbocycles. The Morgan fingerprint density at radius 2 is 1.85 bits per heavy atom. The van der Waals surface area contributed by atoms with Crippen molar-refractivity contribution in [2.75, 3.05) is 21.3 Å². The summed E-state index contributed by atoms with van der Waals surface area (Å²) >= 11 is 0. The van der Waals surface area contributed by atoms with Crippen molar-refractivity contribution in [3.63, 3.8) is 0 Å². The molecule has 0 bridgehead atoms. The average Bonchev–Trinajstić information content (AvgIpc) is 2.46. The van der Waals surface area contributed by atoms with Gasteiger partial charge < -0.3 is 9.26 Å². The first-order valence-electron chi connectivity index (χ1n) is 5.14. The van der Waals surface area contributed by atoms with Crippen molar-refractivity contribution in [3.05, 3.63) is 33.9 Å². The number of non-ortho nitro benzene ring substituents is 1. The molecule has 1 aromatic rings. The van der Waals surface area contributed by atoms with Gasteiger partial charge in [-0.1, -0.05) is 0 Å². The van der Waals surface area contributed by atoms with E-state index in [1.807, 2.05) is 0 Å². The second-order valence-electron chi connectivity index (χ2n) is 3.33. The molecule has 0 fully saturated rings. The van der Waals surface area contributed by atoms with Gasteiger partial charge in [0, 0.05) is 26.4 Å². The number of ether oxygens (including phenoxy) is 1. The Morgan fingerprint density at radius 3 is 2.30 bits per heavy atom. The molecule has 10 heteroatoms. The van der Waals surface area contributed by atoms with E-state index >= 15 is 0 Å². The zero-order valence-electron chi connectivity index (χ0n) is 10.9. The molecule has 0 heterocycles. The third kappa shape index (κ3) is 3.53. The van der Waals surface area contributed by atoms with Gasteiger partial charge in [0.05, 0.1) is 12.0 Å². The van der Waals surface area contributed by atoms with Crippen LogP contribution < -0.4 is 4.52 Å². The number of esters is 1. The Labute approximate surface area is 114 Å². The minimum Gasteiger partial charge on any atom is -0.465 e. The van der Waals surface area contributed by atoms with E-state index in [-0.39, 0.29) is 17.0 Å². The summed E-state index contributed by atoms with van der Waals surface area (Å²) in [6.07, 6.45) is 0. The SMILES string of the molecule is COC(=O)c1cc([N+](=O)[O-])ccc1OP(=O)(OC)OC. The van der Waals surface area contributed by atoms with Crippen LogP contribution in [0.4, 0.5) is 5.69 Å². The van der Waals surface area contributed by atoms with Crippen LogP contribution in [0.25, 0.3) is 0 Å². The lowest BCUT2D eigenvalue weighted by Crippen LogP contribution is -2.07. The molecular weight excluding hydrogens is 293 g/mol. The van der Waals surface area contributed by atoms with Gasteiger partial charge in [-0.3, -0.25) is 19.2 Å². The summed E-state index contributed by atoms with van der Waals surface area (Å²) in [4.78, 5) is 21.6. The van der Waals surface area contributed by atoms with Crippen molar-refractivity contribution >= 4 is 19.5 Å². The number of carbonyl (C=O) groups is 1. The van der Waals surface area contributed by atoms with Gasteiger partial charge in [0.2, 0.25) is 0 Å². The smallest absolute Gasteiger partial charge is 0.465 e. The van der Waals surface area contributed by atoms with Gasteiger partial charge in [0.15, 0.2) is 0 Å². The lowest BCUT2D eigenvalue weighted by atomic mass is 10.2. The van der Waals surface area contributed by atoms with Crippen LogP contribution >= 0.6 is 7.82 Å². The van der Waals surface area contributed by atoms with Crippen molar-refractivity contribution < 1.29 is 32.6 Å². The van der Waals surface area contributed by atoms with Crippen molar-refractivity contribution in [2.24, 2.45) is 0 Å². The van der Waals surface area contributed by atoms with E-state index in [2.05, 4.69) is 13.8 Å². The molecule has 1 rings (SSSR count). The van der Waals surface area contributed by atoms with Crippen molar-refractivity contribution in [3.8, 4) is 5.75 Å². The fourth-order valence-electron chi connectivity index (χ4n) is 1.25. The normalized spacial score (nSPS) is 10.9. The molecule has 20 heavy (non-hydrogen) atoms. The molecule has 110 valence electrons. The van der Waals surface area contributed by atoms with Gasteiger partial charge in [-0.25, -0.2) is 9.36 Å². The quantitative estimate of drug-likeness (QED) is 0.340. The maximum atomic E-state index is 11.8. The standard InChI is InChI=1S/C10H12NO8P/c1-16-10(12)8-6-7(11(13)14)4-5-9(8)19-20(15,17-2)18-3/h4-6H,1-3H3. The maximum absolute atomic E-state index is 11.8. The molecule has 0 saturated heterocycles. The molecule has 0 amide bonds. The Bertz CT molecular complexity index is 564. The van der Waals surface area contributed by atoms with Gasteiger partial charge in [0.25, 0.3) is 5.69 Å². The fraction of sp³-hybridized carbons (Fsp3) is 0.300. The summed E-state index contributed by atoms with van der Waals surface area (Å²) in [5.74, 6) is -1.10. The van der Waals surface area contributed by atoms with Crippen LogP contribution in [-0.4, -0.2) is 32.2 Å². The van der Waals surface area contributed by atoms with Crippen molar-refractivity contribution in [1.82, 2.24) is 0 Å². The van der Waals surface area contributed by atoms with E-state index in [0.29, 0.717) is 0 Å². The molecule has 0 radical (unpaired) electrons. The Balaban J connectivity index is 3.28. The van der Waals surface area contributed by atoms with E-state index in [0.717, 1.165) is 39.5 Å². The number of carbonyl (C=O) groups excluding carboxylic acids is 1. The predicted octanol–water partition coefficient (Wildman–Crippen LogP) is 2.16. The largest absolute Gasteiger partial charge is 0.529 e.